The molecule has 1 N–H and O–H groups in total. The Balaban J connectivity index is 2.73. The van der Waals surface area contributed by atoms with Gasteiger partial charge < -0.3 is 10.1 Å². The molecule has 0 spiro atoms. The van der Waals surface area contributed by atoms with Gasteiger partial charge in [0.25, 0.3) is 0 Å². The molecule has 0 saturated carbocycles. The van der Waals surface area contributed by atoms with Crippen LogP contribution in [-0.2, 0) is 9.53 Å². The van der Waals surface area contributed by atoms with Crippen LogP contribution in [0.3, 0.4) is 0 Å². The highest BCUT2D eigenvalue weighted by Gasteiger charge is 2.12. The highest BCUT2D eigenvalue weighted by Crippen LogP contribution is 2.23. The van der Waals surface area contributed by atoms with Crippen LogP contribution in [0.1, 0.15) is 6.92 Å². The van der Waals surface area contributed by atoms with Gasteiger partial charge in [-0.2, -0.15) is 0 Å². The maximum atomic E-state index is 11.2. The van der Waals surface area contributed by atoms with Crippen LogP contribution >= 0.6 is 38.5 Å². The fourth-order valence-corrected chi connectivity index (χ4v) is 1.79. The van der Waals surface area contributed by atoms with Crippen molar-refractivity contribution in [3.05, 3.63) is 26.2 Å². The molecule has 1 atom stereocenters. The van der Waals surface area contributed by atoms with Crippen LogP contribution in [0.25, 0.3) is 0 Å². The van der Waals surface area contributed by atoms with E-state index in [2.05, 4.69) is 48.6 Å². The molecule has 1 rings (SSSR count). The Hall–Kier alpha value is -0.300. The Labute approximate surface area is 111 Å². The number of anilines is 1. The molecule has 1 aromatic rings. The van der Waals surface area contributed by atoms with E-state index in [1.165, 1.54) is 7.11 Å². The summed E-state index contributed by atoms with van der Waals surface area (Å²) in [5, 5.41) is 3.05. The van der Waals surface area contributed by atoms with Crippen molar-refractivity contribution in [2.45, 2.75) is 13.0 Å². The van der Waals surface area contributed by atoms with Crippen LogP contribution in [0.4, 0.5) is 5.69 Å². The van der Waals surface area contributed by atoms with Crippen molar-refractivity contribution in [1.29, 1.82) is 0 Å². The summed E-state index contributed by atoms with van der Waals surface area (Å²) >= 11 is 5.66. The number of methoxy groups -OCH3 is 1. The molecule has 0 radical (unpaired) electrons. The molecule has 15 heavy (non-hydrogen) atoms. The second-order valence-electron chi connectivity index (χ2n) is 3.02. The Morgan fingerprint density at radius 1 is 1.60 bits per heavy atom. The van der Waals surface area contributed by atoms with Crippen molar-refractivity contribution in [2.75, 3.05) is 12.4 Å². The minimum Gasteiger partial charge on any atom is -0.467 e. The second kappa shape index (κ2) is 5.69. The fourth-order valence-electron chi connectivity index (χ4n) is 1.07. The number of nitrogens with one attached hydrogen (secondary N) is 1. The molecule has 0 aliphatic heterocycles. The zero-order chi connectivity index (χ0) is 11.4. The zero-order valence-corrected chi connectivity index (χ0v) is 12.1. The van der Waals surface area contributed by atoms with Gasteiger partial charge in [0.15, 0.2) is 0 Å². The van der Waals surface area contributed by atoms with Crippen LogP contribution in [0.2, 0.25) is 0 Å². The summed E-state index contributed by atoms with van der Waals surface area (Å²) in [5.74, 6) is -0.273. The number of hydrogen-bond donors (Lipinski definition) is 1. The summed E-state index contributed by atoms with van der Waals surface area (Å²) in [7, 11) is 1.38. The molecule has 0 aromatic heterocycles. The first-order chi connectivity index (χ1) is 7.04. The highest BCUT2D eigenvalue weighted by atomic mass is 127. The van der Waals surface area contributed by atoms with Gasteiger partial charge in [0, 0.05) is 13.7 Å². The van der Waals surface area contributed by atoms with E-state index in [1.807, 2.05) is 18.2 Å². The number of esters is 1. The van der Waals surface area contributed by atoms with Crippen molar-refractivity contribution < 1.29 is 9.53 Å². The number of benzene rings is 1. The number of rotatable bonds is 3. The Kier molecular flexibility index (Phi) is 4.85. The summed E-state index contributed by atoms with van der Waals surface area (Å²) in [5.41, 5.74) is 0.889. The van der Waals surface area contributed by atoms with Crippen LogP contribution in [0, 0.1) is 3.57 Å². The largest absolute Gasteiger partial charge is 0.467 e. The molecule has 0 bridgehead atoms. The fraction of sp³-hybridized carbons (Fsp3) is 0.300. The van der Waals surface area contributed by atoms with Crippen molar-refractivity contribution >= 4 is 50.2 Å². The Morgan fingerprint density at radius 2 is 2.27 bits per heavy atom. The number of ether oxygens (including phenoxy) is 1. The lowest BCUT2D eigenvalue weighted by molar-refractivity contribution is -0.141. The third-order valence-corrected chi connectivity index (χ3v) is 4.20. The number of carbonyl (C=O) groups excluding carboxylic acids is 1. The van der Waals surface area contributed by atoms with Gasteiger partial charge in [-0.1, -0.05) is 0 Å². The lowest BCUT2D eigenvalue weighted by Gasteiger charge is -2.13. The standard InChI is InChI=1S/C10H11BrINO2/c1-6(10(14)15-2)13-7-3-4-9(12)8(11)5-7/h3-6,13H,1-2H3. The zero-order valence-electron chi connectivity index (χ0n) is 8.38. The summed E-state index contributed by atoms with van der Waals surface area (Å²) in [6.07, 6.45) is 0. The molecule has 1 aromatic carbocycles. The predicted octanol–water partition coefficient (Wildman–Crippen LogP) is 3.03. The lowest BCUT2D eigenvalue weighted by atomic mass is 10.2. The summed E-state index contributed by atoms with van der Waals surface area (Å²) in [6, 6.07) is 5.48. The minimum absolute atomic E-state index is 0.273. The summed E-state index contributed by atoms with van der Waals surface area (Å²) < 4.78 is 6.76. The molecule has 0 amide bonds. The second-order valence-corrected chi connectivity index (χ2v) is 5.03. The topological polar surface area (TPSA) is 38.3 Å². The minimum atomic E-state index is -0.345. The van der Waals surface area contributed by atoms with E-state index in [0.717, 1.165) is 13.7 Å². The smallest absolute Gasteiger partial charge is 0.327 e. The molecule has 0 fully saturated rings. The first kappa shape index (κ1) is 12.8. The van der Waals surface area contributed by atoms with Gasteiger partial charge in [0.05, 0.1) is 7.11 Å². The van der Waals surface area contributed by atoms with Gasteiger partial charge >= 0.3 is 5.97 Å². The van der Waals surface area contributed by atoms with Crippen molar-refractivity contribution in [2.24, 2.45) is 0 Å². The van der Waals surface area contributed by atoms with Crippen molar-refractivity contribution in [1.82, 2.24) is 0 Å². The first-order valence-electron chi connectivity index (χ1n) is 4.34. The van der Waals surface area contributed by atoms with Crippen molar-refractivity contribution in [3.8, 4) is 0 Å². The van der Waals surface area contributed by atoms with Gasteiger partial charge in [-0.15, -0.1) is 0 Å². The lowest BCUT2D eigenvalue weighted by Crippen LogP contribution is -2.27. The van der Waals surface area contributed by atoms with E-state index in [0.29, 0.717) is 0 Å². The molecule has 0 aliphatic rings. The van der Waals surface area contributed by atoms with Crippen LogP contribution in [-0.4, -0.2) is 19.1 Å². The van der Waals surface area contributed by atoms with E-state index >= 15 is 0 Å². The average molecular weight is 384 g/mol. The van der Waals surface area contributed by atoms with Gasteiger partial charge in [0.1, 0.15) is 6.04 Å². The summed E-state index contributed by atoms with van der Waals surface area (Å²) in [4.78, 5) is 11.2. The van der Waals surface area contributed by atoms with Crippen LogP contribution < -0.4 is 5.32 Å². The van der Waals surface area contributed by atoms with E-state index in [1.54, 1.807) is 6.92 Å². The average Bonchev–Trinajstić information content (AvgIpc) is 2.22. The summed E-state index contributed by atoms with van der Waals surface area (Å²) in [6.45, 7) is 1.76. The van der Waals surface area contributed by atoms with Crippen molar-refractivity contribution in [3.63, 3.8) is 0 Å². The third-order valence-electron chi connectivity index (χ3n) is 1.86. The number of halogens is 2. The van der Waals surface area contributed by atoms with E-state index in [-0.39, 0.29) is 12.0 Å². The third kappa shape index (κ3) is 3.64. The number of carbonyl (C=O) groups is 1. The molecule has 5 heteroatoms. The Bertz CT molecular complexity index is 370. The molecule has 0 saturated heterocycles. The molecule has 0 aliphatic carbocycles. The molecule has 82 valence electrons. The van der Waals surface area contributed by atoms with Gasteiger partial charge in [-0.25, -0.2) is 4.79 Å². The van der Waals surface area contributed by atoms with Gasteiger partial charge in [-0.3, -0.25) is 0 Å². The number of hydrogen-bond acceptors (Lipinski definition) is 3. The first-order valence-corrected chi connectivity index (χ1v) is 6.21. The monoisotopic (exact) mass is 383 g/mol. The maximum Gasteiger partial charge on any atom is 0.327 e. The highest BCUT2D eigenvalue weighted by molar-refractivity contribution is 14.1. The molecular formula is C10H11BrINO2. The predicted molar refractivity (Wildman–Crippen MR) is 72.0 cm³/mol. The van der Waals surface area contributed by atoms with Gasteiger partial charge in [-0.05, 0) is 63.6 Å². The molecule has 3 nitrogen and oxygen atoms in total. The van der Waals surface area contributed by atoms with E-state index < -0.39 is 0 Å². The molecule has 0 heterocycles. The van der Waals surface area contributed by atoms with Crippen LogP contribution in [0.15, 0.2) is 22.7 Å². The molecular weight excluding hydrogens is 373 g/mol. The van der Waals surface area contributed by atoms with E-state index in [9.17, 15) is 4.79 Å². The van der Waals surface area contributed by atoms with Gasteiger partial charge in [0.2, 0.25) is 0 Å². The molecule has 1 unspecified atom stereocenters. The Morgan fingerprint density at radius 3 is 2.80 bits per heavy atom. The SMILES string of the molecule is COC(=O)C(C)Nc1ccc(I)c(Br)c1. The van der Waals surface area contributed by atoms with E-state index in [4.69, 9.17) is 0 Å². The van der Waals surface area contributed by atoms with Crippen LogP contribution in [0.5, 0.6) is 0 Å². The quantitative estimate of drug-likeness (QED) is 0.644. The normalized spacial score (nSPS) is 12.0. The maximum absolute atomic E-state index is 11.2.